The molecule has 0 saturated heterocycles. The number of aliphatic carboxylic acids is 1. The minimum absolute atomic E-state index is 1.01. The van der Waals surface area contributed by atoms with Crippen LogP contribution in [-0.2, 0) is 4.79 Å². The predicted octanol–water partition coefficient (Wildman–Crippen LogP) is 0.0543. The van der Waals surface area contributed by atoms with Gasteiger partial charge >= 0.3 is 5.97 Å². The molecule has 0 radical (unpaired) electrons. The first-order valence-corrected chi connectivity index (χ1v) is 2.25. The summed E-state index contributed by atoms with van der Waals surface area (Å²) in [6.45, 7) is -0.996. The molecule has 48 valence electrons. The van der Waals surface area contributed by atoms with Gasteiger partial charge in [-0.2, -0.15) is 0 Å². The monoisotopic (exact) mass is 120 g/mol. The highest BCUT2D eigenvalue weighted by molar-refractivity contribution is 5.73. The largest absolute Gasteiger partial charge is 0.480 e. The molecule has 2 atom stereocenters. The molecule has 0 rings (SSSR count). The second-order valence-corrected chi connectivity index (χ2v) is 1.65. The van der Waals surface area contributed by atoms with Crippen LogP contribution < -0.4 is 5.73 Å². The molecule has 8 heavy (non-hydrogen) atoms. The van der Waals surface area contributed by atoms with Crippen LogP contribution in [0.3, 0.4) is 0 Å². The Kier molecular flexibility index (Phi) is 1.15. The van der Waals surface area contributed by atoms with Crippen molar-refractivity contribution in [2.75, 3.05) is 0 Å². The molecule has 0 unspecified atom stereocenters. The van der Waals surface area contributed by atoms with Gasteiger partial charge in [-0.3, -0.25) is 4.79 Å². The Labute approximate surface area is 52.7 Å². The maximum absolute atomic E-state index is 10.2. The SMILES string of the molecule is [2H]C([2H])([2H])[C@H](C)[C@@H](N)C(=O)O. The van der Waals surface area contributed by atoms with E-state index in [1.165, 1.54) is 6.92 Å². The van der Waals surface area contributed by atoms with Gasteiger partial charge in [0.1, 0.15) is 6.04 Å². The summed E-state index contributed by atoms with van der Waals surface area (Å²) in [5, 5.41) is 8.34. The Morgan fingerprint density at radius 1 is 2.00 bits per heavy atom. The van der Waals surface area contributed by atoms with Gasteiger partial charge in [-0.1, -0.05) is 13.8 Å². The van der Waals surface area contributed by atoms with E-state index in [0.717, 1.165) is 0 Å². The number of hydrogen-bond donors (Lipinski definition) is 2. The van der Waals surface area contributed by atoms with Crippen molar-refractivity contribution in [2.24, 2.45) is 11.7 Å². The third-order valence-electron chi connectivity index (χ3n) is 0.824. The van der Waals surface area contributed by atoms with Crippen molar-refractivity contribution in [1.82, 2.24) is 0 Å². The van der Waals surface area contributed by atoms with Crippen LogP contribution in [0.15, 0.2) is 0 Å². The number of nitrogens with two attached hydrogens (primary N) is 1. The maximum atomic E-state index is 10.2. The van der Waals surface area contributed by atoms with Crippen LogP contribution in [-0.4, -0.2) is 17.1 Å². The van der Waals surface area contributed by atoms with Gasteiger partial charge in [0.15, 0.2) is 0 Å². The molecule has 0 aromatic rings. The summed E-state index contributed by atoms with van der Waals surface area (Å²) in [7, 11) is 0. The lowest BCUT2D eigenvalue weighted by Gasteiger charge is -2.07. The van der Waals surface area contributed by atoms with Gasteiger partial charge in [0, 0.05) is 4.11 Å². The predicted molar refractivity (Wildman–Crippen MR) is 30.4 cm³/mol. The standard InChI is InChI=1S/C5H11NO2/c1-3(2)4(6)5(7)8/h3-4H,6H2,1-2H3,(H,7,8)/t4-/m1/s1/i1D3/t3-,4-. The highest BCUT2D eigenvalue weighted by Gasteiger charge is 2.14. The number of carboxylic acid groups (broad SMARTS) is 1. The molecule has 3 heteroatoms. The summed E-state index contributed by atoms with van der Waals surface area (Å²) >= 11 is 0. The van der Waals surface area contributed by atoms with E-state index in [0.29, 0.717) is 0 Å². The first kappa shape index (κ1) is 3.45. The Bertz CT molecular complexity index is 156. The second-order valence-electron chi connectivity index (χ2n) is 1.65. The van der Waals surface area contributed by atoms with Crippen molar-refractivity contribution in [3.63, 3.8) is 0 Å². The van der Waals surface area contributed by atoms with Crippen LogP contribution in [0.5, 0.6) is 0 Å². The van der Waals surface area contributed by atoms with Gasteiger partial charge in [0.25, 0.3) is 0 Å². The van der Waals surface area contributed by atoms with Crippen LogP contribution in [0.4, 0.5) is 0 Å². The maximum Gasteiger partial charge on any atom is 0.320 e. The zero-order valence-electron chi connectivity index (χ0n) is 7.59. The van der Waals surface area contributed by atoms with Gasteiger partial charge in [0.05, 0.1) is 0 Å². The molecule has 0 aromatic heterocycles. The quantitative estimate of drug-likeness (QED) is 0.541. The van der Waals surface area contributed by atoms with Gasteiger partial charge in [0.2, 0.25) is 0 Å². The Morgan fingerprint density at radius 2 is 2.50 bits per heavy atom. The van der Waals surface area contributed by atoms with Crippen LogP contribution in [0.2, 0.25) is 0 Å². The average molecular weight is 120 g/mol. The summed E-state index contributed by atoms with van der Waals surface area (Å²) < 4.78 is 20.6. The molecule has 0 amide bonds. The highest BCUT2D eigenvalue weighted by Crippen LogP contribution is 1.96. The highest BCUT2D eigenvalue weighted by atomic mass is 16.4. The third-order valence-corrected chi connectivity index (χ3v) is 0.824. The molecule has 0 aliphatic rings. The smallest absolute Gasteiger partial charge is 0.320 e. The van der Waals surface area contributed by atoms with Crippen molar-refractivity contribution >= 4 is 5.97 Å². The Hall–Kier alpha value is -0.570. The van der Waals surface area contributed by atoms with Crippen molar-refractivity contribution in [3.05, 3.63) is 0 Å². The van der Waals surface area contributed by atoms with E-state index in [-0.39, 0.29) is 0 Å². The molecule has 0 aliphatic carbocycles. The summed E-state index contributed by atoms with van der Waals surface area (Å²) in [6.07, 6.45) is 0. The topological polar surface area (TPSA) is 63.3 Å². The molecular formula is C5H11NO2. The lowest BCUT2D eigenvalue weighted by Crippen LogP contribution is -2.34. The average Bonchev–Trinajstić information content (AvgIpc) is 1.82. The number of hydrogen-bond acceptors (Lipinski definition) is 2. The molecule has 0 saturated carbocycles. The van der Waals surface area contributed by atoms with Crippen LogP contribution in [0, 0.1) is 5.92 Å². The van der Waals surface area contributed by atoms with Crippen molar-refractivity contribution in [3.8, 4) is 0 Å². The van der Waals surface area contributed by atoms with Crippen molar-refractivity contribution < 1.29 is 14.0 Å². The molecule has 3 nitrogen and oxygen atoms in total. The molecule has 0 bridgehead atoms. The van der Waals surface area contributed by atoms with Crippen LogP contribution >= 0.6 is 0 Å². The van der Waals surface area contributed by atoms with Crippen LogP contribution in [0.25, 0.3) is 0 Å². The summed E-state index contributed by atoms with van der Waals surface area (Å²) in [5.41, 5.74) is 5.09. The van der Waals surface area contributed by atoms with E-state index in [4.69, 9.17) is 15.0 Å². The first-order valence-electron chi connectivity index (χ1n) is 3.75. The lowest BCUT2D eigenvalue weighted by molar-refractivity contribution is -0.139. The molecule has 0 aliphatic heterocycles. The number of carbonyl (C=O) groups is 1. The molecule has 0 fully saturated rings. The van der Waals surface area contributed by atoms with Crippen molar-refractivity contribution in [2.45, 2.75) is 19.8 Å². The van der Waals surface area contributed by atoms with Crippen molar-refractivity contribution in [1.29, 1.82) is 0 Å². The molecular weight excluding hydrogens is 106 g/mol. The second kappa shape index (κ2) is 2.67. The Morgan fingerprint density at radius 3 is 2.62 bits per heavy atom. The molecule has 0 aromatic carbocycles. The zero-order chi connectivity index (χ0) is 9.23. The van der Waals surface area contributed by atoms with Gasteiger partial charge in [-0.25, -0.2) is 0 Å². The first-order chi connectivity index (χ1) is 4.76. The van der Waals surface area contributed by atoms with E-state index in [2.05, 4.69) is 0 Å². The van der Waals surface area contributed by atoms with Gasteiger partial charge in [-0.15, -0.1) is 0 Å². The fraction of sp³-hybridized carbons (Fsp3) is 0.800. The zero-order valence-corrected chi connectivity index (χ0v) is 4.59. The summed E-state index contributed by atoms with van der Waals surface area (Å²) in [6, 6.07) is -1.32. The minimum Gasteiger partial charge on any atom is -0.480 e. The summed E-state index contributed by atoms with van der Waals surface area (Å²) in [4.78, 5) is 10.2. The van der Waals surface area contributed by atoms with E-state index < -0.39 is 24.8 Å². The van der Waals surface area contributed by atoms with Gasteiger partial charge in [-0.05, 0) is 5.92 Å². The number of rotatable bonds is 2. The van der Waals surface area contributed by atoms with Gasteiger partial charge < -0.3 is 10.8 Å². The molecule has 0 heterocycles. The molecule has 0 spiro atoms. The van der Waals surface area contributed by atoms with Crippen LogP contribution in [0.1, 0.15) is 17.9 Å². The third kappa shape index (κ3) is 1.93. The summed E-state index contributed by atoms with van der Waals surface area (Å²) in [5.74, 6) is -2.30. The fourth-order valence-electron chi connectivity index (χ4n) is 0.214. The lowest BCUT2D eigenvalue weighted by atomic mass is 10.1. The van der Waals surface area contributed by atoms with E-state index >= 15 is 0 Å². The number of carboxylic acids is 1. The fourth-order valence-corrected chi connectivity index (χ4v) is 0.214. The van der Waals surface area contributed by atoms with E-state index in [1.54, 1.807) is 0 Å². The molecule has 3 N–H and O–H groups in total. The normalized spacial score (nSPS) is 24.5. The van der Waals surface area contributed by atoms with E-state index in [9.17, 15) is 4.79 Å². The van der Waals surface area contributed by atoms with E-state index in [1.807, 2.05) is 0 Å². The minimum atomic E-state index is -2.29. The Balaban J connectivity index is 4.25.